The third kappa shape index (κ3) is 3.96. The van der Waals surface area contributed by atoms with E-state index in [1.165, 1.54) is 0 Å². The van der Waals surface area contributed by atoms with Gasteiger partial charge in [-0.25, -0.2) is 8.78 Å². The molecule has 0 aliphatic carbocycles. The van der Waals surface area contributed by atoms with Crippen molar-refractivity contribution in [2.45, 2.75) is 5.92 Å². The summed E-state index contributed by atoms with van der Waals surface area (Å²) in [5.41, 5.74) is 6.15. The van der Waals surface area contributed by atoms with Gasteiger partial charge in [0.1, 0.15) is 0 Å². The van der Waals surface area contributed by atoms with E-state index in [4.69, 9.17) is 5.73 Å². The summed E-state index contributed by atoms with van der Waals surface area (Å²) in [6.07, 6.45) is 0. The number of nitrogens with zero attached hydrogens (tertiary/aromatic N) is 1. The van der Waals surface area contributed by atoms with Gasteiger partial charge < -0.3 is 16.0 Å². The van der Waals surface area contributed by atoms with Gasteiger partial charge in [-0.3, -0.25) is 4.79 Å². The van der Waals surface area contributed by atoms with Gasteiger partial charge in [0.25, 0.3) is 11.8 Å². The standard InChI is InChI=1S/C12H17F2N3O/c1-17(2)10-5-3-9(4-6-10)11(18)16-8-12(13,14)7-15/h3-6H,7-8,15H2,1-2H3,(H,16,18). The Hall–Kier alpha value is -1.69. The number of rotatable bonds is 5. The van der Waals surface area contributed by atoms with Crippen molar-refractivity contribution in [1.82, 2.24) is 5.32 Å². The van der Waals surface area contributed by atoms with E-state index in [2.05, 4.69) is 5.32 Å². The zero-order valence-electron chi connectivity index (χ0n) is 10.4. The molecule has 0 unspecified atom stereocenters. The maximum Gasteiger partial charge on any atom is 0.277 e. The first-order valence-corrected chi connectivity index (χ1v) is 5.49. The maximum atomic E-state index is 12.9. The van der Waals surface area contributed by atoms with Gasteiger partial charge in [-0.2, -0.15) is 0 Å². The highest BCUT2D eigenvalue weighted by atomic mass is 19.3. The molecular formula is C12H17F2N3O. The van der Waals surface area contributed by atoms with Gasteiger partial charge in [-0.15, -0.1) is 0 Å². The number of nitrogens with two attached hydrogens (primary N) is 1. The van der Waals surface area contributed by atoms with Gasteiger partial charge in [0, 0.05) is 25.3 Å². The molecule has 1 aromatic rings. The van der Waals surface area contributed by atoms with Gasteiger partial charge in [0.15, 0.2) is 0 Å². The molecular weight excluding hydrogens is 240 g/mol. The van der Waals surface area contributed by atoms with Crippen LogP contribution in [0.2, 0.25) is 0 Å². The Kier molecular flexibility index (Phi) is 4.61. The summed E-state index contributed by atoms with van der Waals surface area (Å²) in [6.45, 7) is -1.54. The second-order valence-electron chi connectivity index (χ2n) is 4.18. The Morgan fingerprint density at radius 2 is 1.89 bits per heavy atom. The second kappa shape index (κ2) is 5.77. The van der Waals surface area contributed by atoms with Gasteiger partial charge in [0.2, 0.25) is 0 Å². The number of hydrogen-bond acceptors (Lipinski definition) is 3. The van der Waals surface area contributed by atoms with Crippen molar-refractivity contribution in [3.05, 3.63) is 29.8 Å². The Balaban J connectivity index is 2.62. The van der Waals surface area contributed by atoms with Crippen LogP contribution < -0.4 is 16.0 Å². The topological polar surface area (TPSA) is 58.4 Å². The molecule has 0 heterocycles. The summed E-state index contributed by atoms with van der Waals surface area (Å²) in [5, 5.41) is 2.16. The van der Waals surface area contributed by atoms with Gasteiger partial charge >= 0.3 is 0 Å². The van der Waals surface area contributed by atoms with Crippen LogP contribution in [-0.2, 0) is 0 Å². The molecule has 1 rings (SSSR count). The fraction of sp³-hybridized carbons (Fsp3) is 0.417. The fourth-order valence-corrected chi connectivity index (χ4v) is 1.29. The van der Waals surface area contributed by atoms with Gasteiger partial charge in [-0.05, 0) is 24.3 Å². The van der Waals surface area contributed by atoms with Crippen molar-refractivity contribution in [1.29, 1.82) is 0 Å². The number of carbonyl (C=O) groups excluding carboxylic acids is 1. The molecule has 0 spiro atoms. The first-order chi connectivity index (χ1) is 8.35. The minimum atomic E-state index is -3.07. The molecule has 100 valence electrons. The number of benzene rings is 1. The van der Waals surface area contributed by atoms with E-state index in [0.29, 0.717) is 5.56 Å². The van der Waals surface area contributed by atoms with Crippen molar-refractivity contribution >= 4 is 11.6 Å². The van der Waals surface area contributed by atoms with Gasteiger partial charge in [0.05, 0.1) is 13.1 Å². The first kappa shape index (κ1) is 14.4. The Bertz CT molecular complexity index is 404. The van der Waals surface area contributed by atoms with Crippen LogP contribution in [0, 0.1) is 0 Å². The van der Waals surface area contributed by atoms with Crippen molar-refractivity contribution in [3.63, 3.8) is 0 Å². The summed E-state index contributed by atoms with van der Waals surface area (Å²) in [6, 6.07) is 6.67. The predicted octanol–water partition coefficient (Wildman–Crippen LogP) is 1.08. The Morgan fingerprint density at radius 1 is 1.33 bits per heavy atom. The summed E-state index contributed by atoms with van der Waals surface area (Å²) in [7, 11) is 3.74. The van der Waals surface area contributed by atoms with Crippen LogP contribution in [0.3, 0.4) is 0 Å². The van der Waals surface area contributed by atoms with E-state index in [9.17, 15) is 13.6 Å². The van der Waals surface area contributed by atoms with E-state index in [1.54, 1.807) is 24.3 Å². The molecule has 0 radical (unpaired) electrons. The van der Waals surface area contributed by atoms with Gasteiger partial charge in [-0.1, -0.05) is 0 Å². The molecule has 18 heavy (non-hydrogen) atoms. The molecule has 0 aliphatic rings. The third-order valence-electron chi connectivity index (χ3n) is 2.45. The lowest BCUT2D eigenvalue weighted by atomic mass is 10.2. The number of anilines is 1. The summed E-state index contributed by atoms with van der Waals surface area (Å²) >= 11 is 0. The molecule has 0 fully saturated rings. The van der Waals surface area contributed by atoms with Crippen LogP contribution >= 0.6 is 0 Å². The normalized spacial score (nSPS) is 11.2. The van der Waals surface area contributed by atoms with Crippen LogP contribution in [0.1, 0.15) is 10.4 Å². The molecule has 6 heteroatoms. The van der Waals surface area contributed by atoms with Crippen LogP contribution in [0.4, 0.5) is 14.5 Å². The van der Waals surface area contributed by atoms with E-state index >= 15 is 0 Å². The smallest absolute Gasteiger partial charge is 0.277 e. The summed E-state index contributed by atoms with van der Waals surface area (Å²) in [5.74, 6) is -3.60. The quantitative estimate of drug-likeness (QED) is 0.829. The molecule has 3 N–H and O–H groups in total. The summed E-state index contributed by atoms with van der Waals surface area (Å²) < 4.78 is 25.7. The van der Waals surface area contributed by atoms with Crippen molar-refractivity contribution in [2.24, 2.45) is 5.73 Å². The van der Waals surface area contributed by atoms with Crippen molar-refractivity contribution in [3.8, 4) is 0 Å². The zero-order valence-corrected chi connectivity index (χ0v) is 10.4. The lowest BCUT2D eigenvalue weighted by molar-refractivity contribution is 0.0118. The highest BCUT2D eigenvalue weighted by Crippen LogP contribution is 2.13. The van der Waals surface area contributed by atoms with Crippen molar-refractivity contribution < 1.29 is 13.6 Å². The SMILES string of the molecule is CN(C)c1ccc(C(=O)NCC(F)(F)CN)cc1. The van der Waals surface area contributed by atoms with Crippen LogP contribution in [-0.4, -0.2) is 39.0 Å². The second-order valence-corrected chi connectivity index (χ2v) is 4.18. The molecule has 0 saturated carbocycles. The molecule has 0 aliphatic heterocycles. The number of hydrogen-bond donors (Lipinski definition) is 2. The fourth-order valence-electron chi connectivity index (χ4n) is 1.29. The first-order valence-electron chi connectivity index (χ1n) is 5.49. The molecule has 0 bridgehead atoms. The molecule has 4 nitrogen and oxygen atoms in total. The third-order valence-corrected chi connectivity index (χ3v) is 2.45. The number of nitrogens with one attached hydrogen (secondary N) is 1. The lowest BCUT2D eigenvalue weighted by Gasteiger charge is -2.15. The minimum Gasteiger partial charge on any atom is -0.378 e. The number of amides is 1. The van der Waals surface area contributed by atoms with Crippen LogP contribution in [0.15, 0.2) is 24.3 Å². The average molecular weight is 257 g/mol. The highest BCUT2D eigenvalue weighted by Gasteiger charge is 2.27. The molecule has 0 atom stereocenters. The van der Waals surface area contributed by atoms with E-state index in [-0.39, 0.29) is 0 Å². The summed E-state index contributed by atoms with van der Waals surface area (Å²) in [4.78, 5) is 13.5. The predicted molar refractivity (Wildman–Crippen MR) is 67.1 cm³/mol. The van der Waals surface area contributed by atoms with Crippen LogP contribution in [0.5, 0.6) is 0 Å². The zero-order chi connectivity index (χ0) is 13.8. The molecule has 1 amide bonds. The Labute approximate surface area is 105 Å². The average Bonchev–Trinajstić information content (AvgIpc) is 2.36. The van der Waals surface area contributed by atoms with E-state index < -0.39 is 24.9 Å². The molecule has 0 saturated heterocycles. The molecule has 1 aromatic carbocycles. The largest absolute Gasteiger partial charge is 0.378 e. The maximum absolute atomic E-state index is 12.9. The van der Waals surface area contributed by atoms with Crippen molar-refractivity contribution in [2.75, 3.05) is 32.1 Å². The van der Waals surface area contributed by atoms with Crippen LogP contribution in [0.25, 0.3) is 0 Å². The molecule has 0 aromatic heterocycles. The Morgan fingerprint density at radius 3 is 2.33 bits per heavy atom. The van der Waals surface area contributed by atoms with E-state index in [1.807, 2.05) is 19.0 Å². The lowest BCUT2D eigenvalue weighted by Crippen LogP contribution is -2.41. The number of alkyl halides is 2. The minimum absolute atomic E-state index is 0.341. The number of halogens is 2. The number of carbonyl (C=O) groups is 1. The highest BCUT2D eigenvalue weighted by molar-refractivity contribution is 5.94. The monoisotopic (exact) mass is 257 g/mol. The van der Waals surface area contributed by atoms with E-state index in [0.717, 1.165) is 5.69 Å².